The fourth-order valence-electron chi connectivity index (χ4n) is 4.85. The summed E-state index contributed by atoms with van der Waals surface area (Å²) in [7, 11) is 0. The zero-order chi connectivity index (χ0) is 26.7. The van der Waals surface area contributed by atoms with Crippen molar-refractivity contribution in [1.82, 2.24) is 19.9 Å². The zero-order valence-electron chi connectivity index (χ0n) is 20.8. The highest BCUT2D eigenvalue weighted by Crippen LogP contribution is 2.32. The summed E-state index contributed by atoms with van der Waals surface area (Å²) in [6.45, 7) is 2.63. The first-order valence-electron chi connectivity index (χ1n) is 12.5. The first-order chi connectivity index (χ1) is 18.3. The van der Waals surface area contributed by atoms with E-state index in [1.165, 1.54) is 11.6 Å². The van der Waals surface area contributed by atoms with Crippen LogP contribution in [0.4, 0.5) is 13.2 Å². The minimum atomic E-state index is -4.44. The number of rotatable bonds is 6. The Morgan fingerprint density at radius 1 is 1.11 bits per heavy atom. The van der Waals surface area contributed by atoms with Gasteiger partial charge in [-0.3, -0.25) is 4.79 Å². The molecule has 9 heteroatoms. The molecule has 1 fully saturated rings. The molecule has 1 saturated carbocycles. The molecule has 3 heterocycles. The van der Waals surface area contributed by atoms with Crippen molar-refractivity contribution in [2.24, 2.45) is 0 Å². The van der Waals surface area contributed by atoms with Gasteiger partial charge in [0.25, 0.3) is 5.91 Å². The van der Waals surface area contributed by atoms with E-state index in [1.54, 1.807) is 12.3 Å². The molecule has 0 aliphatic heterocycles. The first-order valence-corrected chi connectivity index (χ1v) is 12.5. The maximum absolute atomic E-state index is 13.3. The predicted octanol–water partition coefficient (Wildman–Crippen LogP) is 7.26. The Balaban J connectivity index is 1.21. The van der Waals surface area contributed by atoms with Gasteiger partial charge in [0.1, 0.15) is 11.4 Å². The fourth-order valence-corrected chi connectivity index (χ4v) is 4.85. The molecular formula is C29H27F3N4O2. The Hall–Kier alpha value is -4.14. The number of amides is 1. The summed E-state index contributed by atoms with van der Waals surface area (Å²) in [5.74, 6) is 0.594. The number of aromatic amines is 1. The third-order valence-corrected chi connectivity index (χ3v) is 6.80. The quantitative estimate of drug-likeness (QED) is 0.291. The van der Waals surface area contributed by atoms with Crippen molar-refractivity contribution in [2.75, 3.05) is 6.54 Å². The summed E-state index contributed by atoms with van der Waals surface area (Å²) in [6, 6.07) is 13.5. The Morgan fingerprint density at radius 2 is 1.92 bits per heavy atom. The number of hydrogen-bond donors (Lipinski definition) is 1. The van der Waals surface area contributed by atoms with Crippen LogP contribution in [0.5, 0.6) is 11.6 Å². The van der Waals surface area contributed by atoms with Crippen LogP contribution in [0.25, 0.3) is 17.1 Å². The van der Waals surface area contributed by atoms with E-state index in [0.29, 0.717) is 17.9 Å². The van der Waals surface area contributed by atoms with E-state index in [1.807, 2.05) is 48.4 Å². The van der Waals surface area contributed by atoms with Crippen molar-refractivity contribution in [2.45, 2.75) is 44.8 Å². The molecule has 3 aromatic heterocycles. The monoisotopic (exact) mass is 520 g/mol. The number of fused-ring (bicyclic) bond motifs is 1. The van der Waals surface area contributed by atoms with Crippen LogP contribution in [0.1, 0.15) is 54.1 Å². The van der Waals surface area contributed by atoms with Crippen LogP contribution in [0, 0.1) is 0 Å². The van der Waals surface area contributed by atoms with Gasteiger partial charge in [0, 0.05) is 42.6 Å². The first kappa shape index (κ1) is 25.5. The summed E-state index contributed by atoms with van der Waals surface area (Å²) in [5, 5.41) is 0.918. The maximum Gasteiger partial charge on any atom is 0.417 e. The molecule has 1 amide bonds. The summed E-state index contributed by atoms with van der Waals surface area (Å²) >= 11 is 0. The molecule has 38 heavy (non-hydrogen) atoms. The Bertz CT molecular complexity index is 1450. The number of carbonyl (C=O) groups is 1. The van der Waals surface area contributed by atoms with Crippen molar-refractivity contribution >= 4 is 23.0 Å². The van der Waals surface area contributed by atoms with Gasteiger partial charge in [0.2, 0.25) is 5.88 Å². The second kappa shape index (κ2) is 10.7. The molecule has 0 atom stereocenters. The van der Waals surface area contributed by atoms with E-state index in [2.05, 4.69) is 21.0 Å². The minimum absolute atomic E-state index is 0.00209. The van der Waals surface area contributed by atoms with Crippen LogP contribution in [-0.4, -0.2) is 38.3 Å². The van der Waals surface area contributed by atoms with Gasteiger partial charge in [-0.15, -0.1) is 0 Å². The van der Waals surface area contributed by atoms with Crippen molar-refractivity contribution in [3.8, 4) is 11.6 Å². The van der Waals surface area contributed by atoms with Gasteiger partial charge in [0.15, 0.2) is 0 Å². The molecular weight excluding hydrogens is 493 g/mol. The largest absolute Gasteiger partial charge is 0.439 e. The molecule has 0 unspecified atom stereocenters. The molecule has 0 radical (unpaired) electrons. The number of benzene rings is 1. The van der Waals surface area contributed by atoms with E-state index < -0.39 is 11.7 Å². The number of nitrogens with zero attached hydrogens (tertiary/aromatic N) is 3. The third-order valence-electron chi connectivity index (χ3n) is 6.80. The topological polar surface area (TPSA) is 71.1 Å². The number of hydrogen-bond acceptors (Lipinski definition) is 4. The standard InChI is InChI=1S/C29H27F3N4O2/c1-2-36(28(37)22-16-21-12-13-33-27(21)35-17-22)24-9-6-19(7-10-24)14-20-4-3-5-25(15-20)38-26-11-8-23(18-34-26)29(30,31)32/h3-5,8,11-18,24H,2,6-7,9-10H2,1H3,(H,33,35). The number of halogens is 3. The molecule has 196 valence electrons. The molecule has 4 aromatic rings. The highest BCUT2D eigenvalue weighted by molar-refractivity contribution is 5.97. The van der Waals surface area contributed by atoms with E-state index in [4.69, 9.17) is 4.74 Å². The summed E-state index contributed by atoms with van der Waals surface area (Å²) < 4.78 is 43.9. The number of ether oxygens (including phenoxy) is 1. The number of nitrogens with one attached hydrogen (secondary N) is 1. The molecule has 1 aliphatic carbocycles. The molecule has 1 aromatic carbocycles. The van der Waals surface area contributed by atoms with Crippen molar-refractivity contribution in [3.63, 3.8) is 0 Å². The molecule has 1 N–H and O–H groups in total. The van der Waals surface area contributed by atoms with Gasteiger partial charge in [-0.05, 0) is 68.5 Å². The lowest BCUT2D eigenvalue weighted by molar-refractivity contribution is -0.137. The molecule has 0 bridgehead atoms. The fraction of sp³-hybridized carbons (Fsp3) is 0.276. The second-order valence-corrected chi connectivity index (χ2v) is 9.32. The van der Waals surface area contributed by atoms with E-state index >= 15 is 0 Å². The lowest BCUT2D eigenvalue weighted by atomic mass is 9.88. The summed E-state index contributed by atoms with van der Waals surface area (Å²) in [6.07, 6.45) is 5.37. The highest BCUT2D eigenvalue weighted by atomic mass is 19.4. The molecule has 5 rings (SSSR count). The summed E-state index contributed by atoms with van der Waals surface area (Å²) in [4.78, 5) is 26.4. The number of pyridine rings is 2. The molecule has 1 aliphatic rings. The summed E-state index contributed by atoms with van der Waals surface area (Å²) in [5.41, 5.74) is 2.77. The van der Waals surface area contributed by atoms with Crippen LogP contribution < -0.4 is 4.74 Å². The Morgan fingerprint density at radius 3 is 2.63 bits per heavy atom. The number of carbonyl (C=O) groups excluding carboxylic acids is 1. The van der Waals surface area contributed by atoms with E-state index in [0.717, 1.165) is 54.5 Å². The van der Waals surface area contributed by atoms with Crippen molar-refractivity contribution in [1.29, 1.82) is 0 Å². The SMILES string of the molecule is CCN(C(=O)c1cnc2[nH]ccc2c1)C1CCC(=Cc2cccc(Oc3ccc(C(F)(F)F)cn3)c2)CC1. The van der Waals surface area contributed by atoms with E-state index in [9.17, 15) is 18.0 Å². The number of allylic oxidation sites excluding steroid dienone is 1. The number of H-pyrrole nitrogens is 1. The van der Waals surface area contributed by atoms with Gasteiger partial charge < -0.3 is 14.6 Å². The average molecular weight is 521 g/mol. The lowest BCUT2D eigenvalue weighted by Gasteiger charge is -2.34. The number of alkyl halides is 3. The smallest absolute Gasteiger partial charge is 0.417 e. The van der Waals surface area contributed by atoms with Crippen LogP contribution in [0.15, 0.2) is 72.7 Å². The van der Waals surface area contributed by atoms with E-state index in [-0.39, 0.29) is 17.8 Å². The van der Waals surface area contributed by atoms with Crippen LogP contribution >= 0.6 is 0 Å². The van der Waals surface area contributed by atoms with Gasteiger partial charge in [-0.25, -0.2) is 9.97 Å². The second-order valence-electron chi connectivity index (χ2n) is 9.32. The highest BCUT2D eigenvalue weighted by Gasteiger charge is 2.31. The average Bonchev–Trinajstić information content (AvgIpc) is 3.38. The lowest BCUT2D eigenvalue weighted by Crippen LogP contribution is -2.41. The van der Waals surface area contributed by atoms with Gasteiger partial charge in [-0.2, -0.15) is 13.2 Å². The Labute approximate surface area is 218 Å². The molecule has 6 nitrogen and oxygen atoms in total. The molecule has 0 saturated heterocycles. The van der Waals surface area contributed by atoms with Crippen LogP contribution in [0.2, 0.25) is 0 Å². The molecule has 0 spiro atoms. The van der Waals surface area contributed by atoms with Gasteiger partial charge in [0.05, 0.1) is 11.1 Å². The minimum Gasteiger partial charge on any atom is -0.439 e. The predicted molar refractivity (Wildman–Crippen MR) is 139 cm³/mol. The van der Waals surface area contributed by atoms with Crippen molar-refractivity contribution in [3.05, 3.63) is 89.4 Å². The van der Waals surface area contributed by atoms with Gasteiger partial charge in [-0.1, -0.05) is 23.8 Å². The Kier molecular flexibility index (Phi) is 7.18. The van der Waals surface area contributed by atoms with Gasteiger partial charge >= 0.3 is 6.18 Å². The third kappa shape index (κ3) is 5.72. The zero-order valence-corrected chi connectivity index (χ0v) is 20.8. The number of aromatic nitrogens is 3. The van der Waals surface area contributed by atoms with Crippen LogP contribution in [0.3, 0.4) is 0 Å². The van der Waals surface area contributed by atoms with Crippen molar-refractivity contribution < 1.29 is 22.7 Å². The maximum atomic E-state index is 13.3. The van der Waals surface area contributed by atoms with Crippen LogP contribution in [-0.2, 0) is 6.18 Å². The normalized spacial score (nSPS) is 15.9.